The van der Waals surface area contributed by atoms with Crippen LogP contribution in [0, 0.1) is 0 Å². The third-order valence-corrected chi connectivity index (χ3v) is 3.55. The molecule has 0 aliphatic carbocycles. The fourth-order valence-electron chi connectivity index (χ4n) is 2.30. The molecule has 1 heterocycles. The molecule has 0 radical (unpaired) electrons. The third-order valence-electron chi connectivity index (χ3n) is 3.55. The predicted octanol–water partition coefficient (Wildman–Crippen LogP) is 2.94. The summed E-state index contributed by atoms with van der Waals surface area (Å²) in [5, 5.41) is 10.3. The molecule has 1 aromatic heterocycles. The lowest BCUT2D eigenvalue weighted by Gasteiger charge is -2.09. The van der Waals surface area contributed by atoms with Crippen molar-refractivity contribution >= 4 is 5.91 Å². The zero-order valence-corrected chi connectivity index (χ0v) is 14.3. The number of rotatable bonds is 8. The molecular weight excluding hydrogens is 334 g/mol. The summed E-state index contributed by atoms with van der Waals surface area (Å²) in [6.07, 6.45) is 1.26. The van der Waals surface area contributed by atoms with Crippen molar-refractivity contribution in [2.45, 2.75) is 6.92 Å². The topological polar surface area (TPSA) is 86.5 Å². The number of amides is 1. The van der Waals surface area contributed by atoms with E-state index in [0.29, 0.717) is 31.2 Å². The van der Waals surface area contributed by atoms with Crippen LogP contribution in [-0.4, -0.2) is 35.9 Å². The number of nitrogens with one attached hydrogen (secondary N) is 1. The molecule has 0 aliphatic rings. The molecule has 0 bridgehead atoms. The van der Waals surface area contributed by atoms with E-state index in [9.17, 15) is 4.79 Å². The zero-order chi connectivity index (χ0) is 18.2. The maximum Gasteiger partial charge on any atom is 0.251 e. The average Bonchev–Trinajstić information content (AvgIpc) is 3.21. The number of benzene rings is 2. The highest BCUT2D eigenvalue weighted by Crippen LogP contribution is 2.18. The van der Waals surface area contributed by atoms with Gasteiger partial charge < -0.3 is 19.2 Å². The van der Waals surface area contributed by atoms with Crippen LogP contribution in [0.4, 0.5) is 0 Å². The molecule has 0 atom stereocenters. The molecule has 0 saturated heterocycles. The van der Waals surface area contributed by atoms with Gasteiger partial charge in [-0.1, -0.05) is 0 Å². The molecule has 0 fully saturated rings. The molecule has 0 spiro atoms. The van der Waals surface area contributed by atoms with Crippen molar-refractivity contribution < 1.29 is 18.7 Å². The molecule has 3 aromatic rings. The number of nitrogens with zero attached hydrogens (tertiary/aromatic N) is 2. The average molecular weight is 353 g/mol. The Balaban J connectivity index is 1.43. The molecule has 2 aromatic carbocycles. The zero-order valence-electron chi connectivity index (χ0n) is 14.3. The molecule has 1 N–H and O–H groups in total. The van der Waals surface area contributed by atoms with Crippen molar-refractivity contribution in [2.75, 3.05) is 19.8 Å². The maximum atomic E-state index is 12.1. The van der Waals surface area contributed by atoms with Crippen LogP contribution in [0.1, 0.15) is 17.3 Å². The van der Waals surface area contributed by atoms with E-state index in [1.807, 2.05) is 31.2 Å². The Hall–Kier alpha value is -3.35. The lowest BCUT2D eigenvalue weighted by Crippen LogP contribution is -2.28. The molecule has 0 saturated carbocycles. The molecule has 0 unspecified atom stereocenters. The summed E-state index contributed by atoms with van der Waals surface area (Å²) < 4.78 is 16.1. The number of hydrogen-bond acceptors (Lipinski definition) is 6. The molecule has 7 nitrogen and oxygen atoms in total. The second-order valence-electron chi connectivity index (χ2n) is 5.33. The first kappa shape index (κ1) is 17.5. The molecule has 0 aliphatic heterocycles. The number of aromatic nitrogens is 2. The summed E-state index contributed by atoms with van der Waals surface area (Å²) >= 11 is 0. The Bertz CT molecular complexity index is 815. The first-order chi connectivity index (χ1) is 12.8. The fourth-order valence-corrected chi connectivity index (χ4v) is 2.30. The standard InChI is InChI=1S/C19H19N3O4/c1-2-24-16-7-9-17(10-8-16)25-12-11-20-18(23)14-3-5-15(6-4-14)19-22-21-13-26-19/h3-10,13H,2,11-12H2,1H3,(H,20,23). The number of hydrogen-bond donors (Lipinski definition) is 1. The van der Waals surface area contributed by atoms with Crippen molar-refractivity contribution in [2.24, 2.45) is 0 Å². The summed E-state index contributed by atoms with van der Waals surface area (Å²) in [5.74, 6) is 1.78. The summed E-state index contributed by atoms with van der Waals surface area (Å²) in [7, 11) is 0. The van der Waals surface area contributed by atoms with E-state index in [2.05, 4.69) is 15.5 Å². The van der Waals surface area contributed by atoms with Gasteiger partial charge in [-0.05, 0) is 55.5 Å². The fraction of sp³-hybridized carbons (Fsp3) is 0.211. The van der Waals surface area contributed by atoms with Crippen LogP contribution in [0.2, 0.25) is 0 Å². The van der Waals surface area contributed by atoms with Crippen LogP contribution in [0.15, 0.2) is 59.3 Å². The smallest absolute Gasteiger partial charge is 0.251 e. The second kappa shape index (κ2) is 8.66. The van der Waals surface area contributed by atoms with Gasteiger partial charge in [-0.15, -0.1) is 10.2 Å². The minimum atomic E-state index is -0.169. The number of carbonyl (C=O) groups excluding carboxylic acids is 1. The maximum absolute atomic E-state index is 12.1. The van der Waals surface area contributed by atoms with Crippen LogP contribution in [0.25, 0.3) is 11.5 Å². The van der Waals surface area contributed by atoms with Gasteiger partial charge in [0, 0.05) is 11.1 Å². The van der Waals surface area contributed by atoms with Gasteiger partial charge in [-0.25, -0.2) is 0 Å². The van der Waals surface area contributed by atoms with Crippen molar-refractivity contribution in [3.05, 3.63) is 60.5 Å². The SMILES string of the molecule is CCOc1ccc(OCCNC(=O)c2ccc(-c3nnco3)cc2)cc1. The van der Waals surface area contributed by atoms with Gasteiger partial charge in [0.2, 0.25) is 12.3 Å². The first-order valence-corrected chi connectivity index (χ1v) is 8.26. The van der Waals surface area contributed by atoms with Crippen LogP contribution >= 0.6 is 0 Å². The second-order valence-corrected chi connectivity index (χ2v) is 5.33. The van der Waals surface area contributed by atoms with Gasteiger partial charge in [0.25, 0.3) is 5.91 Å². The van der Waals surface area contributed by atoms with Gasteiger partial charge in [-0.3, -0.25) is 4.79 Å². The normalized spacial score (nSPS) is 10.3. The summed E-state index contributed by atoms with van der Waals surface area (Å²) in [4.78, 5) is 12.1. The number of carbonyl (C=O) groups is 1. The lowest BCUT2D eigenvalue weighted by molar-refractivity contribution is 0.0947. The summed E-state index contributed by atoms with van der Waals surface area (Å²) in [6, 6.07) is 14.3. The molecular formula is C19H19N3O4. The van der Waals surface area contributed by atoms with Crippen LogP contribution in [-0.2, 0) is 0 Å². The van der Waals surface area contributed by atoms with Crippen molar-refractivity contribution in [1.82, 2.24) is 15.5 Å². The van der Waals surface area contributed by atoms with E-state index in [1.54, 1.807) is 24.3 Å². The quantitative estimate of drug-likeness (QED) is 0.627. The Labute approximate surface area is 151 Å². The van der Waals surface area contributed by atoms with E-state index in [4.69, 9.17) is 13.9 Å². The van der Waals surface area contributed by atoms with Gasteiger partial charge in [0.1, 0.15) is 18.1 Å². The van der Waals surface area contributed by atoms with Gasteiger partial charge in [0.05, 0.1) is 13.2 Å². The highest BCUT2D eigenvalue weighted by molar-refractivity contribution is 5.94. The minimum Gasteiger partial charge on any atom is -0.494 e. The Morgan fingerprint density at radius 1 is 1.04 bits per heavy atom. The highest BCUT2D eigenvalue weighted by atomic mass is 16.5. The lowest BCUT2D eigenvalue weighted by atomic mass is 10.1. The first-order valence-electron chi connectivity index (χ1n) is 8.26. The predicted molar refractivity (Wildman–Crippen MR) is 95.2 cm³/mol. The Kier molecular flexibility index (Phi) is 5.82. The van der Waals surface area contributed by atoms with Crippen molar-refractivity contribution in [1.29, 1.82) is 0 Å². The Morgan fingerprint density at radius 3 is 2.35 bits per heavy atom. The van der Waals surface area contributed by atoms with E-state index < -0.39 is 0 Å². The summed E-state index contributed by atoms with van der Waals surface area (Å²) in [5.41, 5.74) is 1.31. The van der Waals surface area contributed by atoms with Crippen LogP contribution in [0.5, 0.6) is 11.5 Å². The highest BCUT2D eigenvalue weighted by Gasteiger charge is 2.07. The van der Waals surface area contributed by atoms with E-state index in [-0.39, 0.29) is 5.91 Å². The third kappa shape index (κ3) is 4.60. The largest absolute Gasteiger partial charge is 0.494 e. The molecule has 134 valence electrons. The van der Waals surface area contributed by atoms with Crippen LogP contribution in [0.3, 0.4) is 0 Å². The van der Waals surface area contributed by atoms with Crippen molar-refractivity contribution in [3.63, 3.8) is 0 Å². The molecule has 1 amide bonds. The molecule has 26 heavy (non-hydrogen) atoms. The van der Waals surface area contributed by atoms with Crippen LogP contribution < -0.4 is 14.8 Å². The van der Waals surface area contributed by atoms with E-state index in [1.165, 1.54) is 6.39 Å². The Morgan fingerprint density at radius 2 is 1.73 bits per heavy atom. The van der Waals surface area contributed by atoms with E-state index >= 15 is 0 Å². The van der Waals surface area contributed by atoms with E-state index in [0.717, 1.165) is 17.1 Å². The minimum absolute atomic E-state index is 0.169. The van der Waals surface area contributed by atoms with Gasteiger partial charge in [-0.2, -0.15) is 0 Å². The van der Waals surface area contributed by atoms with Crippen molar-refractivity contribution in [3.8, 4) is 23.0 Å². The molecule has 7 heteroatoms. The van der Waals surface area contributed by atoms with Gasteiger partial charge in [0.15, 0.2) is 0 Å². The number of ether oxygens (including phenoxy) is 2. The molecule has 3 rings (SSSR count). The van der Waals surface area contributed by atoms with Gasteiger partial charge >= 0.3 is 0 Å². The monoisotopic (exact) mass is 353 g/mol. The summed E-state index contributed by atoms with van der Waals surface area (Å²) in [6.45, 7) is 3.34.